The van der Waals surface area contributed by atoms with Crippen molar-refractivity contribution in [2.24, 2.45) is 17.7 Å². The average Bonchev–Trinajstić information content (AvgIpc) is 4.17. The number of aliphatic hydroxyl groups is 1. The molecule has 1 aliphatic carbocycles. The average molecular weight is 872 g/mol. The SMILES string of the molecule is COC(=O)N(N)[C@@H](C(=O)N1C[C@@H](OC)C[C@H]1c1ncc(-c2ccc(-c3ccc4cc(-c5cnc([C@@H]6CCCN6C(=O)[C@@H](NC(O)OC)C(C)C)[nH]5)ccc4c3)cc2)[nH]1)C1C=CC=CC1. The van der Waals surface area contributed by atoms with Crippen LogP contribution in [0.25, 0.3) is 44.4 Å². The fourth-order valence-electron chi connectivity index (χ4n) is 9.21. The monoisotopic (exact) mass is 871 g/mol. The second-order valence-electron chi connectivity index (χ2n) is 17.0. The third-order valence-corrected chi connectivity index (χ3v) is 12.8. The van der Waals surface area contributed by atoms with Gasteiger partial charge in [-0.2, -0.15) is 0 Å². The van der Waals surface area contributed by atoms with Crippen LogP contribution in [0.4, 0.5) is 4.79 Å². The number of ether oxygens (including phenoxy) is 3. The molecule has 16 heteroatoms. The van der Waals surface area contributed by atoms with Crippen LogP contribution in [0.1, 0.15) is 63.3 Å². The largest absolute Gasteiger partial charge is 0.452 e. The van der Waals surface area contributed by atoms with Crippen molar-refractivity contribution in [2.45, 2.75) is 76.2 Å². The van der Waals surface area contributed by atoms with Crippen LogP contribution >= 0.6 is 0 Å². The molecular weight excluding hydrogens is 815 g/mol. The summed E-state index contributed by atoms with van der Waals surface area (Å²) >= 11 is 0. The molecule has 16 nitrogen and oxygen atoms in total. The van der Waals surface area contributed by atoms with Gasteiger partial charge in [0.2, 0.25) is 18.2 Å². The second-order valence-corrected chi connectivity index (χ2v) is 17.0. The Morgan fingerprint density at radius 2 is 1.48 bits per heavy atom. The number of carbonyl (C=O) groups is 3. The fourth-order valence-corrected chi connectivity index (χ4v) is 9.21. The maximum absolute atomic E-state index is 14.3. The summed E-state index contributed by atoms with van der Waals surface area (Å²) in [5.74, 6) is 6.84. The molecule has 3 aliphatic rings. The highest BCUT2D eigenvalue weighted by Gasteiger charge is 2.45. The summed E-state index contributed by atoms with van der Waals surface area (Å²) in [6.45, 7) is 4.82. The van der Waals surface area contributed by atoms with Gasteiger partial charge in [-0.15, -0.1) is 0 Å². The molecule has 0 radical (unpaired) electrons. The van der Waals surface area contributed by atoms with E-state index in [1.54, 1.807) is 18.2 Å². The van der Waals surface area contributed by atoms with Crippen molar-refractivity contribution in [3.63, 3.8) is 0 Å². The van der Waals surface area contributed by atoms with E-state index in [0.717, 1.165) is 68.1 Å². The Balaban J connectivity index is 0.956. The Hall–Kier alpha value is -6.17. The zero-order chi connectivity index (χ0) is 45.1. The molecule has 6 N–H and O–H groups in total. The van der Waals surface area contributed by atoms with E-state index in [1.165, 1.54) is 14.2 Å². The van der Waals surface area contributed by atoms with E-state index in [2.05, 4.69) is 63.8 Å². The number of methoxy groups -OCH3 is 3. The number of H-pyrrole nitrogens is 2. The van der Waals surface area contributed by atoms with Crippen molar-refractivity contribution in [3.8, 4) is 33.6 Å². The Bertz CT molecular complexity index is 2520. The highest BCUT2D eigenvalue weighted by molar-refractivity contribution is 5.91. The smallest absolute Gasteiger partial charge is 0.424 e. The zero-order valence-electron chi connectivity index (χ0n) is 36.8. The van der Waals surface area contributed by atoms with E-state index in [-0.39, 0.29) is 35.8 Å². The number of hydrazine groups is 1. The lowest BCUT2D eigenvalue weighted by atomic mass is 9.91. The number of nitrogens with zero attached hydrogens (tertiary/aromatic N) is 5. The molecule has 7 atom stereocenters. The zero-order valence-corrected chi connectivity index (χ0v) is 36.8. The number of nitrogens with one attached hydrogen (secondary N) is 3. The van der Waals surface area contributed by atoms with E-state index in [9.17, 15) is 19.5 Å². The number of fused-ring (bicyclic) bond motifs is 1. The van der Waals surface area contributed by atoms with Crippen LogP contribution in [0.3, 0.4) is 0 Å². The maximum Gasteiger partial charge on any atom is 0.424 e. The highest BCUT2D eigenvalue weighted by Crippen LogP contribution is 2.37. The molecule has 4 heterocycles. The van der Waals surface area contributed by atoms with Gasteiger partial charge >= 0.3 is 6.09 Å². The van der Waals surface area contributed by atoms with Crippen LogP contribution in [0.2, 0.25) is 0 Å². The molecule has 0 spiro atoms. The number of hydrogen-bond acceptors (Lipinski definition) is 11. The van der Waals surface area contributed by atoms with Gasteiger partial charge in [-0.1, -0.05) is 86.7 Å². The quantitative estimate of drug-likeness (QED) is 0.0367. The first-order valence-corrected chi connectivity index (χ1v) is 21.8. The highest BCUT2D eigenvalue weighted by atomic mass is 16.6. The number of aromatic nitrogens is 4. The Kier molecular flexibility index (Phi) is 13.4. The van der Waals surface area contributed by atoms with Crippen LogP contribution in [-0.4, -0.2) is 117 Å². The fraction of sp³-hybridized carbons (Fsp3) is 0.396. The van der Waals surface area contributed by atoms with E-state index in [4.69, 9.17) is 30.0 Å². The number of aliphatic hydroxyl groups excluding tert-OH is 1. The van der Waals surface area contributed by atoms with Crippen molar-refractivity contribution in [2.75, 3.05) is 34.4 Å². The number of imidazole rings is 2. The summed E-state index contributed by atoms with van der Waals surface area (Å²) in [4.78, 5) is 60.6. The van der Waals surface area contributed by atoms with E-state index >= 15 is 0 Å². The molecule has 64 heavy (non-hydrogen) atoms. The van der Waals surface area contributed by atoms with Gasteiger partial charge in [0, 0.05) is 45.2 Å². The summed E-state index contributed by atoms with van der Waals surface area (Å²) in [7, 11) is 4.26. The van der Waals surface area contributed by atoms with Crippen molar-refractivity contribution in [1.82, 2.24) is 40.1 Å². The number of benzene rings is 3. The standard InChI is InChI=1S/C48H57N9O7/c1-28(2)41(54-47(60)63-4)45(58)55-21-9-12-39(55)43-50-26-38(53-43)35-20-19-33-22-32(17-18-34(33)23-35)29-13-15-30(16-14-29)37-25-51-44(52-37)40-24-36(62-3)27-56(40)46(59)42(57(49)48(61)64-5)31-10-7-6-8-11-31/h6-8,10,13-20,22-23,25-26,28,31,36,39-42,47,54,60H,9,11-12,21,24,27,49H2,1-5H3,(H,50,53)(H,51,52)/t31?,36-,39-,40-,41-,42+,47?/m0/s1. The summed E-state index contributed by atoms with van der Waals surface area (Å²) in [5.41, 5.74) is 5.74. The molecule has 0 bridgehead atoms. The summed E-state index contributed by atoms with van der Waals surface area (Å²) in [5, 5.41) is 16.0. The van der Waals surface area contributed by atoms with Gasteiger partial charge in [-0.25, -0.2) is 25.6 Å². The molecular formula is C48H57N9O7. The maximum atomic E-state index is 14.3. The first kappa shape index (κ1) is 44.4. The van der Waals surface area contributed by atoms with Crippen LogP contribution in [0.5, 0.6) is 0 Å². The van der Waals surface area contributed by atoms with Crippen LogP contribution in [-0.2, 0) is 23.8 Å². The molecule has 2 fully saturated rings. The summed E-state index contributed by atoms with van der Waals surface area (Å²) < 4.78 is 15.6. The minimum Gasteiger partial charge on any atom is -0.452 e. The van der Waals surface area contributed by atoms with E-state index in [0.29, 0.717) is 31.8 Å². The van der Waals surface area contributed by atoms with Crippen molar-refractivity contribution >= 4 is 28.7 Å². The topological polar surface area (TPSA) is 204 Å². The minimum absolute atomic E-state index is 0.0531. The van der Waals surface area contributed by atoms with Gasteiger partial charge in [-0.3, -0.25) is 14.9 Å². The molecule has 336 valence electrons. The molecule has 0 saturated carbocycles. The lowest BCUT2D eigenvalue weighted by Gasteiger charge is -2.35. The van der Waals surface area contributed by atoms with Gasteiger partial charge in [0.15, 0.2) is 0 Å². The number of aromatic amines is 2. The summed E-state index contributed by atoms with van der Waals surface area (Å²) in [6.07, 6.45) is 11.7. The van der Waals surface area contributed by atoms with Crippen molar-refractivity contribution in [3.05, 3.63) is 109 Å². The normalized spacial score (nSPS) is 21.1. The van der Waals surface area contributed by atoms with Gasteiger partial charge in [0.25, 0.3) is 0 Å². The van der Waals surface area contributed by atoms with Gasteiger partial charge in [0.1, 0.15) is 17.7 Å². The third kappa shape index (κ3) is 9.10. The number of allylic oxidation sites excluding steroid dienone is 3. The van der Waals surface area contributed by atoms with E-state index in [1.807, 2.05) is 61.4 Å². The third-order valence-electron chi connectivity index (χ3n) is 12.8. The second kappa shape index (κ2) is 19.3. The lowest BCUT2D eigenvalue weighted by molar-refractivity contribution is -0.145. The van der Waals surface area contributed by atoms with Crippen LogP contribution < -0.4 is 11.2 Å². The van der Waals surface area contributed by atoms with Gasteiger partial charge < -0.3 is 39.1 Å². The summed E-state index contributed by atoms with van der Waals surface area (Å²) in [6, 6.07) is 18.8. The molecule has 2 saturated heterocycles. The number of rotatable bonds is 14. The number of amides is 3. The first-order valence-electron chi connectivity index (χ1n) is 21.8. The lowest BCUT2D eigenvalue weighted by Crippen LogP contribution is -2.57. The number of hydrogen-bond donors (Lipinski definition) is 5. The Morgan fingerprint density at radius 1 is 0.844 bits per heavy atom. The molecule has 5 aromatic rings. The molecule has 2 unspecified atom stereocenters. The number of likely N-dealkylation sites (tertiary alicyclic amines) is 2. The van der Waals surface area contributed by atoms with Gasteiger partial charge in [0.05, 0.1) is 55.1 Å². The number of carbonyl (C=O) groups excluding carboxylic acids is 3. The van der Waals surface area contributed by atoms with Crippen LogP contribution in [0.15, 0.2) is 97.4 Å². The van der Waals surface area contributed by atoms with E-state index < -0.39 is 30.6 Å². The Labute approximate surface area is 372 Å². The van der Waals surface area contributed by atoms with Crippen molar-refractivity contribution < 1.29 is 33.7 Å². The Morgan fingerprint density at radius 3 is 2.12 bits per heavy atom. The molecule has 3 aromatic carbocycles. The van der Waals surface area contributed by atoms with Gasteiger partial charge in [-0.05, 0) is 64.8 Å². The van der Waals surface area contributed by atoms with Crippen molar-refractivity contribution in [1.29, 1.82) is 0 Å². The predicted octanol–water partition coefficient (Wildman–Crippen LogP) is 6.22. The number of nitrogens with two attached hydrogens (primary N) is 1. The minimum atomic E-state index is -1.23. The molecule has 8 rings (SSSR count). The van der Waals surface area contributed by atoms with Crippen LogP contribution in [0, 0.1) is 11.8 Å². The molecule has 2 aromatic heterocycles. The first-order chi connectivity index (χ1) is 31.0. The molecule has 2 aliphatic heterocycles. The predicted molar refractivity (Wildman–Crippen MR) is 241 cm³/mol. The molecule has 3 amide bonds.